The molecule has 2 amide bonds. The predicted octanol–water partition coefficient (Wildman–Crippen LogP) is 5.42. The topological polar surface area (TPSA) is 47.7 Å². The lowest BCUT2D eigenvalue weighted by Gasteiger charge is -2.28. The third-order valence-corrected chi connectivity index (χ3v) is 8.88. The van der Waals surface area contributed by atoms with E-state index in [1.54, 1.807) is 0 Å². The lowest BCUT2D eigenvalue weighted by atomic mass is 9.90. The van der Waals surface area contributed by atoms with Gasteiger partial charge in [-0.05, 0) is 73.6 Å². The molecular formula is C34H51N4O2+. The summed E-state index contributed by atoms with van der Waals surface area (Å²) in [5, 5.41) is 0. The van der Waals surface area contributed by atoms with Crippen molar-refractivity contribution in [1.29, 1.82) is 0 Å². The molecule has 0 bridgehead atoms. The van der Waals surface area contributed by atoms with Gasteiger partial charge in [0.2, 0.25) is 11.8 Å². The second-order valence-electron chi connectivity index (χ2n) is 11.9. The third kappa shape index (κ3) is 7.72. The average molecular weight is 548 g/mol. The van der Waals surface area contributed by atoms with E-state index in [0.717, 1.165) is 89.7 Å². The Bertz CT molecular complexity index is 1130. The van der Waals surface area contributed by atoms with Crippen molar-refractivity contribution in [1.82, 2.24) is 9.80 Å². The third-order valence-electron chi connectivity index (χ3n) is 8.88. The van der Waals surface area contributed by atoms with Gasteiger partial charge < -0.3 is 9.80 Å². The van der Waals surface area contributed by atoms with Gasteiger partial charge in [0, 0.05) is 44.7 Å². The van der Waals surface area contributed by atoms with Crippen LogP contribution in [0.5, 0.6) is 0 Å². The highest BCUT2D eigenvalue weighted by Gasteiger charge is 2.35. The highest BCUT2D eigenvalue weighted by atomic mass is 16.2. The molecule has 0 aliphatic carbocycles. The number of anilines is 1. The highest BCUT2D eigenvalue weighted by Crippen LogP contribution is 2.35. The minimum atomic E-state index is 0.188. The monoisotopic (exact) mass is 547 g/mol. The number of hydrogen-bond donors (Lipinski definition) is 0. The van der Waals surface area contributed by atoms with Crippen molar-refractivity contribution in [2.75, 3.05) is 37.6 Å². The van der Waals surface area contributed by atoms with E-state index in [1.165, 1.54) is 16.7 Å². The molecular weight excluding hydrogens is 496 g/mol. The fraction of sp³-hybridized carbons (Fsp3) is 0.618. The zero-order valence-corrected chi connectivity index (χ0v) is 25.4. The van der Waals surface area contributed by atoms with Crippen molar-refractivity contribution in [2.45, 2.75) is 96.9 Å². The summed E-state index contributed by atoms with van der Waals surface area (Å²) in [6, 6.07) is 11.6. The number of rotatable bonds is 14. The molecule has 40 heavy (non-hydrogen) atoms. The number of carbonyl (C=O) groups is 2. The van der Waals surface area contributed by atoms with Crippen LogP contribution in [0.25, 0.3) is 0 Å². The number of unbranched alkanes of at least 4 members (excludes halogenated alkanes) is 1. The number of nitrogens with zero attached hydrogens (tertiary/aromatic N) is 4. The van der Waals surface area contributed by atoms with Gasteiger partial charge in [0.15, 0.2) is 12.4 Å². The summed E-state index contributed by atoms with van der Waals surface area (Å²) in [5.41, 5.74) is 5.35. The van der Waals surface area contributed by atoms with Crippen molar-refractivity contribution >= 4 is 17.5 Å². The van der Waals surface area contributed by atoms with Crippen LogP contribution in [-0.4, -0.2) is 60.4 Å². The van der Waals surface area contributed by atoms with Crippen LogP contribution in [0.3, 0.4) is 0 Å². The van der Waals surface area contributed by atoms with E-state index >= 15 is 0 Å². The first-order valence-corrected chi connectivity index (χ1v) is 15.8. The highest BCUT2D eigenvalue weighted by molar-refractivity contribution is 5.94. The van der Waals surface area contributed by atoms with E-state index < -0.39 is 0 Å². The summed E-state index contributed by atoms with van der Waals surface area (Å²) in [5.74, 6) is 0.928. The number of likely N-dealkylation sites (tertiary alicyclic amines) is 2. The van der Waals surface area contributed by atoms with Crippen LogP contribution >= 0.6 is 0 Å². The zero-order chi connectivity index (χ0) is 28.5. The van der Waals surface area contributed by atoms with Crippen LogP contribution in [0, 0.1) is 0 Å². The largest absolute Gasteiger partial charge is 0.343 e. The molecule has 0 spiro atoms. The molecule has 2 aliphatic heterocycles. The average Bonchev–Trinajstić information content (AvgIpc) is 3.54. The Hall–Kier alpha value is -2.73. The second-order valence-corrected chi connectivity index (χ2v) is 11.9. The van der Waals surface area contributed by atoms with E-state index in [9.17, 15) is 9.59 Å². The predicted molar refractivity (Wildman–Crippen MR) is 162 cm³/mol. The fourth-order valence-corrected chi connectivity index (χ4v) is 6.63. The van der Waals surface area contributed by atoms with E-state index in [0.29, 0.717) is 30.8 Å². The zero-order valence-electron chi connectivity index (χ0n) is 25.4. The van der Waals surface area contributed by atoms with Gasteiger partial charge in [0.25, 0.3) is 0 Å². The SMILES string of the molecule is CCCCN(C(=O)CN1CC(c2ccc(CC)c(CCC)c2)CC1CCCN1CCCC1=O)c1ccc[n+](C)c1. The molecule has 6 heteroatoms. The Morgan fingerprint density at radius 1 is 1.10 bits per heavy atom. The van der Waals surface area contributed by atoms with Crippen molar-refractivity contribution in [3.63, 3.8) is 0 Å². The molecule has 2 aromatic rings. The Morgan fingerprint density at radius 3 is 2.65 bits per heavy atom. The van der Waals surface area contributed by atoms with Gasteiger partial charge in [-0.15, -0.1) is 0 Å². The molecule has 2 unspecified atom stereocenters. The van der Waals surface area contributed by atoms with Crippen LogP contribution in [0.2, 0.25) is 0 Å². The van der Waals surface area contributed by atoms with Crippen molar-refractivity contribution < 1.29 is 14.2 Å². The van der Waals surface area contributed by atoms with Crippen LogP contribution in [-0.2, 0) is 29.5 Å². The normalized spacial score (nSPS) is 19.5. The van der Waals surface area contributed by atoms with E-state index in [1.807, 2.05) is 33.7 Å². The molecule has 2 saturated heterocycles. The van der Waals surface area contributed by atoms with Gasteiger partial charge in [-0.1, -0.05) is 51.8 Å². The maximum Gasteiger partial charge on any atom is 0.241 e. The van der Waals surface area contributed by atoms with E-state index in [4.69, 9.17) is 0 Å². The maximum atomic E-state index is 13.9. The molecule has 0 saturated carbocycles. The number of aromatic nitrogens is 1. The first-order valence-electron chi connectivity index (χ1n) is 15.8. The molecule has 2 aliphatic rings. The van der Waals surface area contributed by atoms with Crippen molar-refractivity contribution in [3.05, 3.63) is 59.4 Å². The summed E-state index contributed by atoms with van der Waals surface area (Å²) < 4.78 is 2.02. The lowest BCUT2D eigenvalue weighted by Crippen LogP contribution is -2.44. The Kier molecular flexibility index (Phi) is 11.2. The Balaban J connectivity index is 1.51. The van der Waals surface area contributed by atoms with Crippen LogP contribution < -0.4 is 9.47 Å². The molecule has 3 heterocycles. The molecule has 218 valence electrons. The minimum Gasteiger partial charge on any atom is -0.343 e. The Morgan fingerprint density at radius 2 is 1.95 bits per heavy atom. The molecule has 1 aromatic heterocycles. The molecule has 1 aromatic carbocycles. The quantitative estimate of drug-likeness (QED) is 0.297. The van der Waals surface area contributed by atoms with Gasteiger partial charge >= 0.3 is 0 Å². The van der Waals surface area contributed by atoms with Gasteiger partial charge in [-0.3, -0.25) is 14.5 Å². The summed E-state index contributed by atoms with van der Waals surface area (Å²) in [6.07, 6.45) is 14.3. The first kappa shape index (κ1) is 30.2. The number of amides is 2. The summed E-state index contributed by atoms with van der Waals surface area (Å²) in [7, 11) is 2.01. The van der Waals surface area contributed by atoms with Crippen LogP contribution in [0.4, 0.5) is 5.69 Å². The van der Waals surface area contributed by atoms with Gasteiger partial charge in [0.1, 0.15) is 12.7 Å². The van der Waals surface area contributed by atoms with E-state index in [-0.39, 0.29) is 5.91 Å². The smallest absolute Gasteiger partial charge is 0.241 e. The molecule has 4 rings (SSSR count). The van der Waals surface area contributed by atoms with Crippen LogP contribution in [0.15, 0.2) is 42.7 Å². The first-order chi connectivity index (χ1) is 19.4. The summed E-state index contributed by atoms with van der Waals surface area (Å²) in [4.78, 5) is 32.5. The number of benzene rings is 1. The minimum absolute atomic E-state index is 0.188. The second kappa shape index (κ2) is 14.8. The fourth-order valence-electron chi connectivity index (χ4n) is 6.63. The van der Waals surface area contributed by atoms with Crippen molar-refractivity contribution in [3.8, 4) is 0 Å². The molecule has 2 fully saturated rings. The Labute approximate surface area is 242 Å². The van der Waals surface area contributed by atoms with Crippen molar-refractivity contribution in [2.24, 2.45) is 7.05 Å². The number of hydrogen-bond acceptors (Lipinski definition) is 3. The molecule has 0 N–H and O–H groups in total. The van der Waals surface area contributed by atoms with E-state index in [2.05, 4.69) is 56.1 Å². The summed E-state index contributed by atoms with van der Waals surface area (Å²) in [6.45, 7) is 10.5. The standard InChI is InChI=1S/C34H51N4O2/c1-5-8-21-38(32-14-9-18-35(4)25-32)34(40)26-37-24-30(29-17-16-27(7-3)28(22-29)12-6-2)23-31(37)13-10-19-36-20-11-15-33(36)39/h9,14,16-18,22,25,30-31H,5-8,10-13,15,19-21,23-24,26H2,1-4H3/q+1. The summed E-state index contributed by atoms with van der Waals surface area (Å²) >= 11 is 0. The molecule has 0 radical (unpaired) electrons. The molecule has 2 atom stereocenters. The van der Waals surface area contributed by atoms with Gasteiger partial charge in [0.05, 0.1) is 6.54 Å². The number of aryl methyl sites for hydroxylation is 3. The lowest BCUT2D eigenvalue weighted by molar-refractivity contribution is -0.670. The number of carbonyl (C=O) groups excluding carboxylic acids is 2. The van der Waals surface area contributed by atoms with Crippen LogP contribution in [0.1, 0.15) is 94.7 Å². The number of pyridine rings is 1. The van der Waals surface area contributed by atoms with Gasteiger partial charge in [-0.2, -0.15) is 0 Å². The van der Waals surface area contributed by atoms with Gasteiger partial charge in [-0.25, -0.2) is 4.57 Å². The maximum absolute atomic E-state index is 13.9. The molecule has 6 nitrogen and oxygen atoms in total.